The normalized spacial score (nSPS) is 19.2. The zero-order valence-electron chi connectivity index (χ0n) is 8.74. The standard InChI is InChI=1S/C11H13N3S/c1-11(2)9(12)14(10(15)13-11)8-6-4-3-5-7-8/h3-7,12H,1-2H3,(H,13,15). The fourth-order valence-corrected chi connectivity index (χ4v) is 2.04. The van der Waals surface area contributed by atoms with Gasteiger partial charge in [0.1, 0.15) is 5.84 Å². The van der Waals surface area contributed by atoms with Crippen molar-refractivity contribution in [3.63, 3.8) is 0 Å². The van der Waals surface area contributed by atoms with Crippen LogP contribution in [0.3, 0.4) is 0 Å². The number of para-hydroxylation sites is 1. The first kappa shape index (κ1) is 10.1. The quantitative estimate of drug-likeness (QED) is 0.711. The lowest BCUT2D eigenvalue weighted by Gasteiger charge is -2.20. The molecule has 15 heavy (non-hydrogen) atoms. The summed E-state index contributed by atoms with van der Waals surface area (Å²) in [5, 5.41) is 11.8. The summed E-state index contributed by atoms with van der Waals surface area (Å²) in [5.41, 5.74) is 0.554. The Morgan fingerprint density at radius 1 is 1.27 bits per heavy atom. The average Bonchev–Trinajstić information content (AvgIpc) is 2.38. The first-order chi connectivity index (χ1) is 7.02. The number of anilines is 1. The van der Waals surface area contributed by atoms with Crippen LogP contribution in [0.5, 0.6) is 0 Å². The summed E-state index contributed by atoms with van der Waals surface area (Å²) < 4.78 is 0. The van der Waals surface area contributed by atoms with E-state index in [1.165, 1.54) is 0 Å². The van der Waals surface area contributed by atoms with Crippen LogP contribution < -0.4 is 10.2 Å². The van der Waals surface area contributed by atoms with E-state index in [1.807, 2.05) is 44.2 Å². The van der Waals surface area contributed by atoms with Crippen molar-refractivity contribution in [2.24, 2.45) is 0 Å². The minimum absolute atomic E-state index is 0.382. The second-order valence-electron chi connectivity index (χ2n) is 4.07. The molecule has 0 aromatic heterocycles. The molecule has 0 saturated carbocycles. The summed E-state index contributed by atoms with van der Waals surface area (Å²) in [6, 6.07) is 9.73. The van der Waals surface area contributed by atoms with Crippen LogP contribution in [0.4, 0.5) is 5.69 Å². The van der Waals surface area contributed by atoms with E-state index in [0.717, 1.165) is 5.69 Å². The summed E-state index contributed by atoms with van der Waals surface area (Å²) >= 11 is 5.22. The number of thiocarbonyl (C=S) groups is 1. The first-order valence-corrected chi connectivity index (χ1v) is 5.19. The monoisotopic (exact) mass is 219 g/mol. The molecule has 78 valence electrons. The fourth-order valence-electron chi connectivity index (χ4n) is 1.59. The maximum Gasteiger partial charge on any atom is 0.179 e. The molecule has 0 radical (unpaired) electrons. The SMILES string of the molecule is CC1(C)NC(=S)N(c2ccccc2)C1=N. The Bertz CT molecular complexity index is 411. The van der Waals surface area contributed by atoms with Gasteiger partial charge in [-0.3, -0.25) is 10.3 Å². The molecule has 3 nitrogen and oxygen atoms in total. The third-order valence-electron chi connectivity index (χ3n) is 2.45. The van der Waals surface area contributed by atoms with Gasteiger partial charge in [-0.1, -0.05) is 18.2 Å². The zero-order chi connectivity index (χ0) is 11.1. The molecule has 0 amide bonds. The van der Waals surface area contributed by atoms with Crippen LogP contribution in [0.2, 0.25) is 0 Å². The molecule has 1 aliphatic rings. The van der Waals surface area contributed by atoms with E-state index in [-0.39, 0.29) is 5.54 Å². The van der Waals surface area contributed by atoms with Gasteiger partial charge in [-0.2, -0.15) is 0 Å². The minimum Gasteiger partial charge on any atom is -0.350 e. The Balaban J connectivity index is 2.40. The number of benzene rings is 1. The highest BCUT2D eigenvalue weighted by Gasteiger charge is 2.39. The number of hydrogen-bond donors (Lipinski definition) is 2. The summed E-state index contributed by atoms with van der Waals surface area (Å²) in [6.45, 7) is 3.90. The molecular formula is C11H13N3S. The Labute approximate surface area is 94.6 Å². The largest absolute Gasteiger partial charge is 0.350 e. The molecule has 0 spiro atoms. The number of hydrogen-bond acceptors (Lipinski definition) is 2. The molecule has 4 heteroatoms. The van der Waals surface area contributed by atoms with Gasteiger partial charge in [-0.05, 0) is 38.2 Å². The molecule has 1 aromatic rings. The van der Waals surface area contributed by atoms with Crippen molar-refractivity contribution in [2.45, 2.75) is 19.4 Å². The molecule has 2 N–H and O–H groups in total. The van der Waals surface area contributed by atoms with Crippen molar-refractivity contribution >= 4 is 28.9 Å². The predicted octanol–water partition coefficient (Wildman–Crippen LogP) is 2.14. The predicted molar refractivity (Wildman–Crippen MR) is 66.5 cm³/mol. The Morgan fingerprint density at radius 2 is 1.87 bits per heavy atom. The van der Waals surface area contributed by atoms with Gasteiger partial charge in [0.15, 0.2) is 5.11 Å². The minimum atomic E-state index is -0.382. The van der Waals surface area contributed by atoms with Crippen LogP contribution in [0, 0.1) is 5.41 Å². The van der Waals surface area contributed by atoms with Gasteiger partial charge in [0.25, 0.3) is 0 Å². The van der Waals surface area contributed by atoms with Crippen LogP contribution in [0.25, 0.3) is 0 Å². The number of amidine groups is 1. The van der Waals surface area contributed by atoms with Crippen molar-refractivity contribution in [1.29, 1.82) is 5.41 Å². The van der Waals surface area contributed by atoms with Gasteiger partial charge in [0, 0.05) is 5.69 Å². The molecule has 1 aromatic carbocycles. The van der Waals surface area contributed by atoms with Gasteiger partial charge in [-0.15, -0.1) is 0 Å². The summed E-state index contributed by atoms with van der Waals surface area (Å²) in [5.74, 6) is 0.485. The maximum atomic E-state index is 8.05. The third kappa shape index (κ3) is 1.61. The maximum absolute atomic E-state index is 8.05. The van der Waals surface area contributed by atoms with E-state index in [9.17, 15) is 0 Å². The molecular weight excluding hydrogens is 206 g/mol. The highest BCUT2D eigenvalue weighted by atomic mass is 32.1. The lowest BCUT2D eigenvalue weighted by molar-refractivity contribution is 0.636. The lowest BCUT2D eigenvalue weighted by Crippen LogP contribution is -2.39. The van der Waals surface area contributed by atoms with E-state index >= 15 is 0 Å². The highest BCUT2D eigenvalue weighted by molar-refractivity contribution is 7.80. The molecule has 1 aliphatic heterocycles. The first-order valence-electron chi connectivity index (χ1n) is 4.79. The van der Waals surface area contributed by atoms with E-state index in [2.05, 4.69) is 5.32 Å². The van der Waals surface area contributed by atoms with Crippen molar-refractivity contribution in [3.8, 4) is 0 Å². The van der Waals surface area contributed by atoms with E-state index in [4.69, 9.17) is 17.6 Å². The van der Waals surface area contributed by atoms with E-state index < -0.39 is 0 Å². The van der Waals surface area contributed by atoms with E-state index in [0.29, 0.717) is 10.9 Å². The van der Waals surface area contributed by atoms with Crippen molar-refractivity contribution in [3.05, 3.63) is 30.3 Å². The van der Waals surface area contributed by atoms with Gasteiger partial charge in [0.2, 0.25) is 0 Å². The van der Waals surface area contributed by atoms with E-state index in [1.54, 1.807) is 4.90 Å². The number of nitrogens with zero attached hydrogens (tertiary/aromatic N) is 1. The second-order valence-corrected chi connectivity index (χ2v) is 4.46. The molecule has 0 atom stereocenters. The second kappa shape index (κ2) is 3.31. The molecule has 0 aliphatic carbocycles. The van der Waals surface area contributed by atoms with Crippen LogP contribution in [0.15, 0.2) is 30.3 Å². The Hall–Kier alpha value is -1.42. The molecule has 1 fully saturated rings. The van der Waals surface area contributed by atoms with Gasteiger partial charge < -0.3 is 5.32 Å². The van der Waals surface area contributed by atoms with Crippen LogP contribution in [0.1, 0.15) is 13.8 Å². The van der Waals surface area contributed by atoms with Gasteiger partial charge in [0.05, 0.1) is 5.54 Å². The van der Waals surface area contributed by atoms with Crippen LogP contribution in [-0.2, 0) is 0 Å². The van der Waals surface area contributed by atoms with Crippen LogP contribution >= 0.6 is 12.2 Å². The number of nitrogens with one attached hydrogen (secondary N) is 2. The summed E-state index contributed by atoms with van der Waals surface area (Å²) in [6.07, 6.45) is 0. The van der Waals surface area contributed by atoms with Crippen molar-refractivity contribution in [1.82, 2.24) is 5.32 Å². The smallest absolute Gasteiger partial charge is 0.179 e. The molecule has 1 saturated heterocycles. The highest BCUT2D eigenvalue weighted by Crippen LogP contribution is 2.24. The van der Waals surface area contributed by atoms with Crippen LogP contribution in [-0.4, -0.2) is 16.5 Å². The topological polar surface area (TPSA) is 39.1 Å². The molecule has 2 rings (SSSR count). The average molecular weight is 219 g/mol. The van der Waals surface area contributed by atoms with Gasteiger partial charge >= 0.3 is 0 Å². The zero-order valence-corrected chi connectivity index (χ0v) is 9.56. The molecule has 0 unspecified atom stereocenters. The number of rotatable bonds is 1. The Kier molecular flexibility index (Phi) is 2.23. The third-order valence-corrected chi connectivity index (χ3v) is 2.74. The fraction of sp³-hybridized carbons (Fsp3) is 0.273. The Morgan fingerprint density at radius 3 is 2.33 bits per heavy atom. The van der Waals surface area contributed by atoms with Gasteiger partial charge in [-0.25, -0.2) is 0 Å². The summed E-state index contributed by atoms with van der Waals surface area (Å²) in [7, 11) is 0. The summed E-state index contributed by atoms with van der Waals surface area (Å²) in [4.78, 5) is 1.76. The van der Waals surface area contributed by atoms with Crippen molar-refractivity contribution in [2.75, 3.05) is 4.90 Å². The molecule has 0 bridgehead atoms. The lowest BCUT2D eigenvalue weighted by atomic mass is 10.1. The van der Waals surface area contributed by atoms with Crippen molar-refractivity contribution < 1.29 is 0 Å². The molecule has 1 heterocycles.